The Hall–Kier alpha value is -2.90. The van der Waals surface area contributed by atoms with E-state index in [2.05, 4.69) is 10.2 Å². The van der Waals surface area contributed by atoms with Crippen molar-refractivity contribution >= 4 is 27.5 Å². The van der Waals surface area contributed by atoms with E-state index in [4.69, 9.17) is 11.6 Å². The second-order valence-electron chi connectivity index (χ2n) is 7.34. The van der Waals surface area contributed by atoms with Crippen molar-refractivity contribution in [2.45, 2.75) is 36.9 Å². The molecule has 0 saturated heterocycles. The number of fused-ring (bicyclic) bond motifs is 1. The smallest absolute Gasteiger partial charge is 0.286 e. The van der Waals surface area contributed by atoms with Crippen LogP contribution >= 0.6 is 11.6 Å². The molecule has 9 nitrogen and oxygen atoms in total. The maximum absolute atomic E-state index is 13.8. The summed E-state index contributed by atoms with van der Waals surface area (Å²) in [4.78, 5) is 14.0. The summed E-state index contributed by atoms with van der Waals surface area (Å²) in [7, 11) is -4.17. The van der Waals surface area contributed by atoms with Crippen LogP contribution in [0.5, 0.6) is 0 Å². The average Bonchev–Trinajstić information content (AvgIpc) is 3.46. The van der Waals surface area contributed by atoms with Gasteiger partial charge in [0.05, 0.1) is 36.0 Å². The van der Waals surface area contributed by atoms with Crippen molar-refractivity contribution in [1.29, 1.82) is 0 Å². The molecule has 0 radical (unpaired) electrons. The monoisotopic (exact) mass is 503 g/mol. The lowest BCUT2D eigenvalue weighted by atomic mass is 9.98. The number of aromatic nitrogens is 4. The van der Waals surface area contributed by atoms with Gasteiger partial charge in [-0.25, -0.2) is 13.2 Å². The number of carbonyl (C=O) groups is 1. The number of amides is 1. The van der Waals surface area contributed by atoms with Gasteiger partial charge in [-0.1, -0.05) is 23.7 Å². The number of alkyl halides is 2. The molecule has 0 fully saturated rings. The number of aliphatic hydroxyl groups excluding tert-OH is 1. The van der Waals surface area contributed by atoms with Crippen LogP contribution < -0.4 is 0 Å². The summed E-state index contributed by atoms with van der Waals surface area (Å²) < 4.78 is 65.8. The fourth-order valence-electron chi connectivity index (χ4n) is 3.55. The van der Waals surface area contributed by atoms with E-state index in [-0.39, 0.29) is 28.6 Å². The number of benzene rings is 1. The van der Waals surface area contributed by atoms with Gasteiger partial charge in [0, 0.05) is 24.5 Å². The summed E-state index contributed by atoms with van der Waals surface area (Å²) in [5, 5.41) is 17.1. The molecule has 1 N–H and O–H groups in total. The number of halogens is 4. The predicted octanol–water partition coefficient (Wildman–Crippen LogP) is 1.99. The fraction of sp³-hybridized carbons (Fsp3) is 0.316. The van der Waals surface area contributed by atoms with Gasteiger partial charge in [-0.15, -0.1) is 0 Å². The van der Waals surface area contributed by atoms with E-state index in [1.54, 1.807) is 0 Å². The Labute approximate surface area is 191 Å². The van der Waals surface area contributed by atoms with Crippen LogP contribution in [0.3, 0.4) is 0 Å². The van der Waals surface area contributed by atoms with Crippen molar-refractivity contribution in [3.63, 3.8) is 0 Å². The zero-order chi connectivity index (χ0) is 23.9. The van der Waals surface area contributed by atoms with E-state index in [9.17, 15) is 31.5 Å². The summed E-state index contributed by atoms with van der Waals surface area (Å²) >= 11 is 5.96. The zero-order valence-electron chi connectivity index (χ0n) is 16.8. The molecule has 3 aromatic rings. The molecule has 0 spiro atoms. The summed E-state index contributed by atoms with van der Waals surface area (Å²) in [6.45, 7) is -1.38. The first-order valence-electron chi connectivity index (χ1n) is 9.59. The Morgan fingerprint density at radius 1 is 1.24 bits per heavy atom. The highest BCUT2D eigenvalue weighted by molar-refractivity contribution is 7.89. The molecule has 1 amide bonds. The highest BCUT2D eigenvalue weighted by atomic mass is 35.5. The number of hydrogen-bond acceptors (Lipinski definition) is 6. The number of hydrogen-bond donors (Lipinski definition) is 1. The first-order valence-corrected chi connectivity index (χ1v) is 11.4. The Balaban J connectivity index is 1.52. The van der Waals surface area contributed by atoms with Gasteiger partial charge in [-0.05, 0) is 11.6 Å². The normalized spacial score (nSPS) is 14.7. The molecular weight excluding hydrogens is 487 g/mol. The molecule has 14 heteroatoms. The zero-order valence-corrected chi connectivity index (χ0v) is 18.3. The van der Waals surface area contributed by atoms with Crippen molar-refractivity contribution in [3.8, 4) is 0 Å². The lowest BCUT2D eigenvalue weighted by molar-refractivity contribution is -0.134. The molecule has 33 heavy (non-hydrogen) atoms. The molecule has 0 saturated carbocycles. The summed E-state index contributed by atoms with van der Waals surface area (Å²) in [5.41, 5.74) is 0.907. The van der Waals surface area contributed by atoms with Gasteiger partial charge >= 0.3 is 0 Å². The van der Waals surface area contributed by atoms with Crippen LogP contribution in [-0.4, -0.2) is 56.3 Å². The molecule has 1 aliphatic rings. The van der Waals surface area contributed by atoms with Crippen LogP contribution in [0.15, 0.2) is 41.7 Å². The van der Waals surface area contributed by atoms with E-state index in [1.165, 1.54) is 23.2 Å². The Morgan fingerprint density at radius 2 is 2.00 bits per heavy atom. The van der Waals surface area contributed by atoms with Crippen LogP contribution in [0.4, 0.5) is 13.2 Å². The molecule has 1 atom stereocenters. The highest BCUT2D eigenvalue weighted by Gasteiger charge is 2.34. The van der Waals surface area contributed by atoms with Crippen molar-refractivity contribution in [2.75, 3.05) is 6.61 Å². The van der Waals surface area contributed by atoms with Gasteiger partial charge in [-0.2, -0.15) is 22.7 Å². The maximum Gasteiger partial charge on any atom is 0.286 e. The topological polar surface area (TPSA) is 110 Å². The number of rotatable bonds is 7. The van der Waals surface area contributed by atoms with Crippen molar-refractivity contribution < 1.29 is 31.5 Å². The highest BCUT2D eigenvalue weighted by Crippen LogP contribution is 2.31. The minimum atomic E-state index is -4.17. The molecule has 3 heterocycles. The van der Waals surface area contributed by atoms with Gasteiger partial charge in [0.15, 0.2) is 0 Å². The van der Waals surface area contributed by atoms with Gasteiger partial charge < -0.3 is 10.0 Å². The summed E-state index contributed by atoms with van der Waals surface area (Å²) in [5.74, 6) is -2.34. The van der Waals surface area contributed by atoms with Gasteiger partial charge in [0.25, 0.3) is 16.4 Å². The first kappa shape index (κ1) is 23.3. The average molecular weight is 504 g/mol. The number of nitrogens with zero attached hydrogens (tertiary/aromatic N) is 5. The quantitative estimate of drug-likeness (QED) is 0.528. The Bertz CT molecular complexity index is 1290. The maximum atomic E-state index is 13.8. The second-order valence-corrected chi connectivity index (χ2v) is 9.51. The third kappa shape index (κ3) is 4.35. The van der Waals surface area contributed by atoms with E-state index < -0.39 is 47.2 Å². The van der Waals surface area contributed by atoms with Crippen LogP contribution in [0.1, 0.15) is 22.7 Å². The van der Waals surface area contributed by atoms with Crippen LogP contribution in [0.25, 0.3) is 0 Å². The molecule has 1 aliphatic heterocycles. The van der Waals surface area contributed by atoms with E-state index in [0.717, 1.165) is 23.1 Å². The molecule has 1 aromatic carbocycles. The standard InChI is InChI=1S/C19H17ClF3N5O4S/c20-18-13(2-1-3-15(18)21)14(10-29)19(30)26-5-11-6-28(25-16(11)8-26)33(31,32)12-4-24-27(7-12)9-17(22)23/h1-4,6-7,14,17,29H,5,8-10H2/t14-/m1/s1. The third-order valence-corrected chi connectivity index (χ3v) is 7.07. The molecule has 0 aliphatic carbocycles. The van der Waals surface area contributed by atoms with Gasteiger partial charge in [0.1, 0.15) is 17.3 Å². The molecule has 0 unspecified atom stereocenters. The Morgan fingerprint density at radius 3 is 2.67 bits per heavy atom. The molecule has 4 rings (SSSR count). The minimum absolute atomic E-state index is 0.0117. The SMILES string of the molecule is O=C([C@H](CO)c1cccc(F)c1Cl)N1Cc2cn(S(=O)(=O)c3cnn(CC(F)F)c3)nc2C1. The second kappa shape index (κ2) is 8.80. The van der Waals surface area contributed by atoms with Crippen molar-refractivity contribution in [3.05, 3.63) is 64.5 Å². The summed E-state index contributed by atoms with van der Waals surface area (Å²) in [6.07, 6.45) is 0.474. The fourth-order valence-corrected chi connectivity index (χ4v) is 4.93. The lowest BCUT2D eigenvalue weighted by Crippen LogP contribution is -2.33. The van der Waals surface area contributed by atoms with Gasteiger partial charge in [-0.3, -0.25) is 9.48 Å². The van der Waals surface area contributed by atoms with Gasteiger partial charge in [0.2, 0.25) is 5.91 Å². The van der Waals surface area contributed by atoms with E-state index in [1.807, 2.05) is 0 Å². The van der Waals surface area contributed by atoms with Crippen LogP contribution in [0, 0.1) is 5.82 Å². The van der Waals surface area contributed by atoms with Crippen LogP contribution in [0.2, 0.25) is 5.02 Å². The molecule has 0 bridgehead atoms. The number of carbonyl (C=O) groups excluding carboxylic acids is 1. The predicted molar refractivity (Wildman–Crippen MR) is 109 cm³/mol. The Kier molecular flexibility index (Phi) is 6.20. The summed E-state index contributed by atoms with van der Waals surface area (Å²) in [6, 6.07) is 3.96. The largest absolute Gasteiger partial charge is 0.395 e. The third-order valence-electron chi connectivity index (χ3n) is 5.19. The first-order chi connectivity index (χ1) is 15.6. The molecule has 2 aromatic heterocycles. The molecule has 176 valence electrons. The molecular formula is C19H17ClF3N5O4S. The van der Waals surface area contributed by atoms with Crippen molar-refractivity contribution in [2.24, 2.45) is 0 Å². The van der Waals surface area contributed by atoms with E-state index in [0.29, 0.717) is 15.3 Å². The van der Waals surface area contributed by atoms with Crippen LogP contribution in [-0.2, 0) is 34.5 Å². The lowest BCUT2D eigenvalue weighted by Gasteiger charge is -2.23. The van der Waals surface area contributed by atoms with Crippen molar-refractivity contribution in [1.82, 2.24) is 23.9 Å². The number of aliphatic hydroxyl groups is 1. The van der Waals surface area contributed by atoms with E-state index >= 15 is 0 Å². The minimum Gasteiger partial charge on any atom is -0.395 e.